The summed E-state index contributed by atoms with van der Waals surface area (Å²) in [5.74, 6) is 0.283. The molecular weight excluding hydrogens is 358 g/mol. The van der Waals surface area contributed by atoms with Crippen LogP contribution in [-0.2, 0) is 6.61 Å². The molecule has 28 heavy (non-hydrogen) atoms. The Bertz CT molecular complexity index is 976. The van der Waals surface area contributed by atoms with Gasteiger partial charge in [-0.3, -0.25) is 19.9 Å². The van der Waals surface area contributed by atoms with E-state index in [0.29, 0.717) is 23.5 Å². The quantitative estimate of drug-likeness (QED) is 0.495. The first-order chi connectivity index (χ1) is 13.5. The van der Waals surface area contributed by atoms with E-state index in [1.807, 2.05) is 12.1 Å². The Morgan fingerprint density at radius 2 is 2.00 bits per heavy atom. The first kappa shape index (κ1) is 19.0. The Morgan fingerprint density at radius 1 is 1.18 bits per heavy atom. The summed E-state index contributed by atoms with van der Waals surface area (Å²) in [7, 11) is 0. The van der Waals surface area contributed by atoms with Crippen molar-refractivity contribution in [1.82, 2.24) is 10.3 Å². The molecule has 1 heterocycles. The minimum absolute atomic E-state index is 0.00982. The molecule has 0 bridgehead atoms. The van der Waals surface area contributed by atoms with Crippen molar-refractivity contribution in [2.24, 2.45) is 0 Å². The summed E-state index contributed by atoms with van der Waals surface area (Å²) in [6.07, 6.45) is 3.41. The van der Waals surface area contributed by atoms with Gasteiger partial charge >= 0.3 is 0 Å². The maximum atomic E-state index is 12.6. The molecule has 0 aliphatic rings. The Labute approximate surface area is 162 Å². The summed E-state index contributed by atoms with van der Waals surface area (Å²) >= 11 is 0. The van der Waals surface area contributed by atoms with E-state index in [0.717, 1.165) is 5.56 Å². The molecule has 2 aromatic carbocycles. The standard InChI is InChI=1S/C21H19N3O4/c1-15(17-6-2-8-19(11-17)24(26)27)23-21(25)18-7-3-9-20(12-18)28-14-16-5-4-10-22-13-16/h2-13,15H,14H2,1H3,(H,23,25). The van der Waals surface area contributed by atoms with Gasteiger partial charge < -0.3 is 10.1 Å². The molecule has 0 aliphatic heterocycles. The van der Waals surface area contributed by atoms with E-state index in [2.05, 4.69) is 10.3 Å². The van der Waals surface area contributed by atoms with Gasteiger partial charge in [0.05, 0.1) is 11.0 Å². The van der Waals surface area contributed by atoms with Gasteiger partial charge in [-0.2, -0.15) is 0 Å². The molecule has 3 aromatic rings. The van der Waals surface area contributed by atoms with Crippen molar-refractivity contribution in [2.75, 3.05) is 0 Å². The number of nitrogens with zero attached hydrogens (tertiary/aromatic N) is 2. The Kier molecular flexibility index (Phi) is 5.96. The summed E-state index contributed by atoms with van der Waals surface area (Å²) in [4.78, 5) is 27.1. The van der Waals surface area contributed by atoms with E-state index in [1.165, 1.54) is 12.1 Å². The van der Waals surface area contributed by atoms with Crippen LogP contribution in [0.3, 0.4) is 0 Å². The second kappa shape index (κ2) is 8.77. The number of nitro groups is 1. The molecule has 0 radical (unpaired) electrons. The van der Waals surface area contributed by atoms with Crippen molar-refractivity contribution >= 4 is 11.6 Å². The van der Waals surface area contributed by atoms with Crippen LogP contribution in [0, 0.1) is 10.1 Å². The number of carbonyl (C=O) groups is 1. The van der Waals surface area contributed by atoms with Gasteiger partial charge in [-0.15, -0.1) is 0 Å². The Morgan fingerprint density at radius 3 is 2.75 bits per heavy atom. The molecule has 0 saturated heterocycles. The van der Waals surface area contributed by atoms with Crippen LogP contribution < -0.4 is 10.1 Å². The monoisotopic (exact) mass is 377 g/mol. The molecule has 1 amide bonds. The molecule has 142 valence electrons. The number of ether oxygens (including phenoxy) is 1. The largest absolute Gasteiger partial charge is 0.489 e. The van der Waals surface area contributed by atoms with Gasteiger partial charge in [0.2, 0.25) is 0 Å². The van der Waals surface area contributed by atoms with E-state index < -0.39 is 4.92 Å². The molecule has 1 atom stereocenters. The molecular formula is C21H19N3O4. The summed E-state index contributed by atoms with van der Waals surface area (Å²) in [5, 5.41) is 13.8. The lowest BCUT2D eigenvalue weighted by atomic mass is 10.1. The maximum Gasteiger partial charge on any atom is 0.269 e. The fourth-order valence-electron chi connectivity index (χ4n) is 2.65. The van der Waals surface area contributed by atoms with E-state index in [-0.39, 0.29) is 17.6 Å². The summed E-state index contributed by atoms with van der Waals surface area (Å²) in [6, 6.07) is 16.4. The van der Waals surface area contributed by atoms with Gasteiger partial charge in [0.1, 0.15) is 12.4 Å². The lowest BCUT2D eigenvalue weighted by Gasteiger charge is -2.15. The smallest absolute Gasteiger partial charge is 0.269 e. The number of nitro benzene ring substituents is 1. The number of nitrogens with one attached hydrogen (secondary N) is 1. The highest BCUT2D eigenvalue weighted by Gasteiger charge is 2.15. The fourth-order valence-corrected chi connectivity index (χ4v) is 2.65. The lowest BCUT2D eigenvalue weighted by Crippen LogP contribution is -2.26. The van der Waals surface area contributed by atoms with Gasteiger partial charge in [-0.25, -0.2) is 0 Å². The molecule has 0 spiro atoms. The number of carbonyl (C=O) groups excluding carboxylic acids is 1. The topological polar surface area (TPSA) is 94.4 Å². The van der Waals surface area contributed by atoms with Crippen molar-refractivity contribution in [3.8, 4) is 5.75 Å². The zero-order valence-electron chi connectivity index (χ0n) is 15.2. The fraction of sp³-hybridized carbons (Fsp3) is 0.143. The van der Waals surface area contributed by atoms with Gasteiger partial charge in [-0.05, 0) is 36.8 Å². The Balaban J connectivity index is 1.65. The van der Waals surface area contributed by atoms with Crippen LogP contribution in [0.1, 0.15) is 34.5 Å². The minimum atomic E-state index is -0.457. The maximum absolute atomic E-state index is 12.6. The highest BCUT2D eigenvalue weighted by atomic mass is 16.6. The summed E-state index contributed by atoms with van der Waals surface area (Å²) in [6.45, 7) is 2.13. The number of hydrogen-bond acceptors (Lipinski definition) is 5. The van der Waals surface area contributed by atoms with Crippen LogP contribution in [0.5, 0.6) is 5.75 Å². The first-order valence-electron chi connectivity index (χ1n) is 8.70. The summed E-state index contributed by atoms with van der Waals surface area (Å²) in [5.41, 5.74) is 2.02. The molecule has 3 rings (SSSR count). The molecule has 1 N–H and O–H groups in total. The average molecular weight is 377 g/mol. The van der Waals surface area contributed by atoms with Gasteiger partial charge in [0, 0.05) is 35.7 Å². The van der Waals surface area contributed by atoms with Crippen LogP contribution >= 0.6 is 0 Å². The zero-order valence-corrected chi connectivity index (χ0v) is 15.2. The van der Waals surface area contributed by atoms with Crippen LogP contribution in [0.25, 0.3) is 0 Å². The van der Waals surface area contributed by atoms with E-state index in [1.54, 1.807) is 55.7 Å². The molecule has 0 fully saturated rings. The third-order valence-electron chi connectivity index (χ3n) is 4.15. The highest BCUT2D eigenvalue weighted by molar-refractivity contribution is 5.94. The number of amides is 1. The SMILES string of the molecule is CC(NC(=O)c1cccc(OCc2cccnc2)c1)c1cccc([N+](=O)[O-])c1. The van der Waals surface area contributed by atoms with E-state index >= 15 is 0 Å². The van der Waals surface area contributed by atoms with Crippen molar-refractivity contribution in [1.29, 1.82) is 0 Å². The summed E-state index contributed by atoms with van der Waals surface area (Å²) < 4.78 is 5.72. The predicted molar refractivity (Wildman–Crippen MR) is 104 cm³/mol. The second-order valence-corrected chi connectivity index (χ2v) is 6.23. The molecule has 1 unspecified atom stereocenters. The molecule has 1 aromatic heterocycles. The van der Waals surface area contributed by atoms with Gasteiger partial charge in [0.15, 0.2) is 0 Å². The predicted octanol–water partition coefficient (Wildman–Crippen LogP) is 4.06. The van der Waals surface area contributed by atoms with Gasteiger partial charge in [0.25, 0.3) is 11.6 Å². The number of aromatic nitrogens is 1. The number of non-ortho nitro benzene ring substituents is 1. The van der Waals surface area contributed by atoms with Crippen molar-refractivity contribution < 1.29 is 14.5 Å². The average Bonchev–Trinajstić information content (AvgIpc) is 2.73. The third-order valence-corrected chi connectivity index (χ3v) is 4.15. The number of pyridine rings is 1. The first-order valence-corrected chi connectivity index (χ1v) is 8.70. The van der Waals surface area contributed by atoms with Crippen LogP contribution in [0.2, 0.25) is 0 Å². The molecule has 0 saturated carbocycles. The van der Waals surface area contributed by atoms with Crippen LogP contribution in [-0.4, -0.2) is 15.8 Å². The lowest BCUT2D eigenvalue weighted by molar-refractivity contribution is -0.384. The van der Waals surface area contributed by atoms with Crippen molar-refractivity contribution in [3.63, 3.8) is 0 Å². The van der Waals surface area contributed by atoms with Crippen molar-refractivity contribution in [2.45, 2.75) is 19.6 Å². The van der Waals surface area contributed by atoms with Crippen LogP contribution in [0.15, 0.2) is 73.1 Å². The van der Waals surface area contributed by atoms with E-state index in [9.17, 15) is 14.9 Å². The van der Waals surface area contributed by atoms with Gasteiger partial charge in [-0.1, -0.05) is 24.3 Å². The van der Waals surface area contributed by atoms with E-state index in [4.69, 9.17) is 4.74 Å². The van der Waals surface area contributed by atoms with Crippen molar-refractivity contribution in [3.05, 3.63) is 99.9 Å². The normalized spacial score (nSPS) is 11.5. The number of hydrogen-bond donors (Lipinski definition) is 1. The van der Waals surface area contributed by atoms with Crippen LogP contribution in [0.4, 0.5) is 5.69 Å². The third kappa shape index (κ3) is 4.91. The second-order valence-electron chi connectivity index (χ2n) is 6.23. The molecule has 7 heteroatoms. The highest BCUT2D eigenvalue weighted by Crippen LogP contribution is 2.20. The molecule has 0 aliphatic carbocycles. The number of benzene rings is 2. The molecule has 7 nitrogen and oxygen atoms in total. The zero-order chi connectivity index (χ0) is 19.9. The minimum Gasteiger partial charge on any atom is -0.489 e. The Hall–Kier alpha value is -3.74. The number of rotatable bonds is 7.